The van der Waals surface area contributed by atoms with E-state index < -0.39 is 6.10 Å². The number of rotatable bonds is 7. The van der Waals surface area contributed by atoms with Crippen molar-refractivity contribution >= 4 is 23.2 Å². The zero-order chi connectivity index (χ0) is 16.4. The predicted octanol–water partition coefficient (Wildman–Crippen LogP) is 1.76. The molecule has 1 aromatic carbocycles. The maximum atomic E-state index is 11.9. The zero-order valence-corrected chi connectivity index (χ0v) is 14.0. The Morgan fingerprint density at radius 1 is 1.18 bits per heavy atom. The molecule has 0 unspecified atom stereocenters. The third kappa shape index (κ3) is 6.62. The van der Waals surface area contributed by atoms with Gasteiger partial charge in [-0.05, 0) is 56.8 Å². The number of hydrogen-bond donors (Lipinski definition) is 3. The number of thiocarbonyl (C=S) groups is 1. The Labute approximate surface area is 136 Å². The normalized spacial score (nSPS) is 11.2. The molecule has 0 spiro atoms. The maximum absolute atomic E-state index is 11.9. The van der Waals surface area contributed by atoms with Gasteiger partial charge < -0.3 is 14.8 Å². The largest absolute Gasteiger partial charge is 0.494 e. The number of carbonyl (C=O) groups is 1. The summed E-state index contributed by atoms with van der Waals surface area (Å²) in [5.74, 6) is 1.05. The lowest BCUT2D eigenvalue weighted by Crippen LogP contribution is -2.50. The Bertz CT molecular complexity index is 479. The number of benzene rings is 1. The molecule has 0 aliphatic rings. The third-order valence-electron chi connectivity index (χ3n) is 2.65. The molecule has 122 valence electrons. The zero-order valence-electron chi connectivity index (χ0n) is 13.1. The van der Waals surface area contributed by atoms with Crippen molar-refractivity contribution in [2.24, 2.45) is 0 Å². The SMILES string of the molecule is CCCNC(=S)NNC(=O)[C@@H](C)Oc1ccc(OCC)cc1. The second-order valence-electron chi connectivity index (χ2n) is 4.53. The molecule has 3 N–H and O–H groups in total. The Morgan fingerprint density at radius 3 is 2.41 bits per heavy atom. The Balaban J connectivity index is 2.38. The topological polar surface area (TPSA) is 71.6 Å². The van der Waals surface area contributed by atoms with Gasteiger partial charge in [-0.1, -0.05) is 6.92 Å². The molecule has 6 nitrogen and oxygen atoms in total. The van der Waals surface area contributed by atoms with Crippen molar-refractivity contribution < 1.29 is 14.3 Å². The summed E-state index contributed by atoms with van der Waals surface area (Å²) in [5, 5.41) is 3.32. The minimum atomic E-state index is -0.653. The van der Waals surface area contributed by atoms with E-state index in [1.165, 1.54) is 0 Å². The first-order valence-corrected chi connectivity index (χ1v) is 7.70. The van der Waals surface area contributed by atoms with E-state index in [1.807, 2.05) is 13.8 Å². The van der Waals surface area contributed by atoms with Crippen LogP contribution in [-0.4, -0.2) is 30.3 Å². The number of amides is 1. The first-order valence-electron chi connectivity index (χ1n) is 7.30. The molecule has 1 amide bonds. The molecule has 0 saturated carbocycles. The minimum Gasteiger partial charge on any atom is -0.494 e. The second-order valence-corrected chi connectivity index (χ2v) is 4.94. The van der Waals surface area contributed by atoms with Crippen molar-refractivity contribution in [3.8, 4) is 11.5 Å². The van der Waals surface area contributed by atoms with Crippen LogP contribution in [-0.2, 0) is 4.79 Å². The highest BCUT2D eigenvalue weighted by Gasteiger charge is 2.14. The average molecular weight is 325 g/mol. The van der Waals surface area contributed by atoms with E-state index in [0.717, 1.165) is 18.7 Å². The van der Waals surface area contributed by atoms with Gasteiger partial charge in [0.1, 0.15) is 11.5 Å². The number of hydrogen-bond acceptors (Lipinski definition) is 4. The van der Waals surface area contributed by atoms with Crippen LogP contribution in [0.4, 0.5) is 0 Å². The number of ether oxygens (including phenoxy) is 2. The number of carbonyl (C=O) groups excluding carboxylic acids is 1. The van der Waals surface area contributed by atoms with E-state index in [0.29, 0.717) is 17.5 Å². The summed E-state index contributed by atoms with van der Waals surface area (Å²) in [6.45, 7) is 6.97. The highest BCUT2D eigenvalue weighted by Crippen LogP contribution is 2.18. The average Bonchev–Trinajstić information content (AvgIpc) is 2.52. The summed E-state index contributed by atoms with van der Waals surface area (Å²) in [4.78, 5) is 11.9. The summed E-state index contributed by atoms with van der Waals surface area (Å²) < 4.78 is 10.9. The van der Waals surface area contributed by atoms with Crippen LogP contribution in [0, 0.1) is 0 Å². The predicted molar refractivity (Wildman–Crippen MR) is 89.9 cm³/mol. The summed E-state index contributed by atoms with van der Waals surface area (Å²) in [6, 6.07) is 7.11. The molecule has 1 atom stereocenters. The Hall–Kier alpha value is -2.02. The van der Waals surface area contributed by atoms with Crippen LogP contribution < -0.4 is 25.6 Å². The fourth-order valence-electron chi connectivity index (χ4n) is 1.54. The lowest BCUT2D eigenvalue weighted by atomic mass is 10.3. The molecule has 1 aromatic rings. The van der Waals surface area contributed by atoms with Crippen molar-refractivity contribution in [3.05, 3.63) is 24.3 Å². The van der Waals surface area contributed by atoms with Gasteiger partial charge in [0.05, 0.1) is 6.61 Å². The molecular weight excluding hydrogens is 302 g/mol. The van der Waals surface area contributed by atoms with Crippen LogP contribution in [0.2, 0.25) is 0 Å². The molecule has 7 heteroatoms. The molecule has 0 radical (unpaired) electrons. The fraction of sp³-hybridized carbons (Fsp3) is 0.467. The van der Waals surface area contributed by atoms with E-state index >= 15 is 0 Å². The highest BCUT2D eigenvalue weighted by atomic mass is 32.1. The van der Waals surface area contributed by atoms with Crippen LogP contribution in [0.3, 0.4) is 0 Å². The van der Waals surface area contributed by atoms with Crippen molar-refractivity contribution in [3.63, 3.8) is 0 Å². The van der Waals surface area contributed by atoms with Crippen molar-refractivity contribution in [2.75, 3.05) is 13.2 Å². The van der Waals surface area contributed by atoms with E-state index in [9.17, 15) is 4.79 Å². The van der Waals surface area contributed by atoms with Crippen molar-refractivity contribution in [1.29, 1.82) is 0 Å². The van der Waals surface area contributed by atoms with Gasteiger partial charge in [-0.3, -0.25) is 15.6 Å². The van der Waals surface area contributed by atoms with Gasteiger partial charge in [-0.15, -0.1) is 0 Å². The molecule has 1 rings (SSSR count). The summed E-state index contributed by atoms with van der Waals surface area (Å²) in [6.07, 6.45) is 0.298. The van der Waals surface area contributed by atoms with Crippen LogP contribution in [0.25, 0.3) is 0 Å². The lowest BCUT2D eigenvalue weighted by Gasteiger charge is -2.16. The first-order chi connectivity index (χ1) is 10.6. The number of hydrazine groups is 1. The third-order valence-corrected chi connectivity index (χ3v) is 2.90. The first kappa shape index (κ1) is 18.0. The van der Waals surface area contributed by atoms with Crippen LogP contribution in [0.5, 0.6) is 11.5 Å². The number of nitrogens with one attached hydrogen (secondary N) is 3. The quantitative estimate of drug-likeness (QED) is 0.524. The van der Waals surface area contributed by atoms with E-state index in [4.69, 9.17) is 21.7 Å². The highest BCUT2D eigenvalue weighted by molar-refractivity contribution is 7.80. The fourth-order valence-corrected chi connectivity index (χ4v) is 1.69. The van der Waals surface area contributed by atoms with E-state index in [1.54, 1.807) is 31.2 Å². The summed E-state index contributed by atoms with van der Waals surface area (Å²) in [7, 11) is 0. The minimum absolute atomic E-state index is 0.311. The molecular formula is C15H23N3O3S. The second kappa shape index (κ2) is 9.83. The van der Waals surface area contributed by atoms with E-state index in [2.05, 4.69) is 16.2 Å². The van der Waals surface area contributed by atoms with Gasteiger partial charge in [0.2, 0.25) is 0 Å². The molecule has 22 heavy (non-hydrogen) atoms. The molecule has 0 heterocycles. The van der Waals surface area contributed by atoms with Gasteiger partial charge in [-0.2, -0.15) is 0 Å². The van der Waals surface area contributed by atoms with Crippen LogP contribution in [0.1, 0.15) is 27.2 Å². The van der Waals surface area contributed by atoms with Gasteiger partial charge >= 0.3 is 0 Å². The van der Waals surface area contributed by atoms with Gasteiger partial charge in [0.15, 0.2) is 11.2 Å². The molecule has 0 bridgehead atoms. The van der Waals surface area contributed by atoms with Crippen molar-refractivity contribution in [2.45, 2.75) is 33.3 Å². The van der Waals surface area contributed by atoms with Gasteiger partial charge in [0.25, 0.3) is 5.91 Å². The van der Waals surface area contributed by atoms with Gasteiger partial charge in [0, 0.05) is 6.54 Å². The maximum Gasteiger partial charge on any atom is 0.279 e. The van der Waals surface area contributed by atoms with Crippen molar-refractivity contribution in [1.82, 2.24) is 16.2 Å². The Morgan fingerprint density at radius 2 is 1.82 bits per heavy atom. The monoisotopic (exact) mass is 325 g/mol. The Kier molecular flexibility index (Phi) is 8.06. The standard InChI is InChI=1S/C15H23N3O3S/c1-4-10-16-15(22)18-17-14(19)11(3)21-13-8-6-12(7-9-13)20-5-2/h6-9,11H,4-5,10H2,1-3H3,(H,17,19)(H2,16,18,22)/t11-/m1/s1. The van der Waals surface area contributed by atoms with E-state index in [-0.39, 0.29) is 5.91 Å². The summed E-state index contributed by atoms with van der Waals surface area (Å²) >= 11 is 5.00. The summed E-state index contributed by atoms with van der Waals surface area (Å²) in [5.41, 5.74) is 5.13. The molecule has 0 aliphatic carbocycles. The lowest BCUT2D eigenvalue weighted by molar-refractivity contribution is -0.127. The van der Waals surface area contributed by atoms with Crippen LogP contribution in [0.15, 0.2) is 24.3 Å². The molecule has 0 fully saturated rings. The smallest absolute Gasteiger partial charge is 0.279 e. The molecule has 0 aliphatic heterocycles. The molecule has 0 saturated heterocycles. The molecule has 0 aromatic heterocycles. The van der Waals surface area contributed by atoms with Crippen LogP contribution >= 0.6 is 12.2 Å². The van der Waals surface area contributed by atoms with Gasteiger partial charge in [-0.25, -0.2) is 0 Å².